The van der Waals surface area contributed by atoms with E-state index in [2.05, 4.69) is 5.32 Å². The fourth-order valence-corrected chi connectivity index (χ4v) is 4.16. The Morgan fingerprint density at radius 2 is 2.19 bits per heavy atom. The monoisotopic (exact) mass is 313 g/mol. The lowest BCUT2D eigenvalue weighted by Crippen LogP contribution is -2.39. The van der Waals surface area contributed by atoms with Crippen LogP contribution >= 0.6 is 0 Å². The molecule has 0 aliphatic carbocycles. The highest BCUT2D eigenvalue weighted by atomic mass is 32.2. The Morgan fingerprint density at radius 1 is 1.48 bits per heavy atom. The SMILES string of the molecule is Cc1cccc([N+](=O)[O-])c1S(=O)(=O)N(C)CC1CCCN1. The number of nitro groups is 1. The molecule has 1 N–H and O–H groups in total. The summed E-state index contributed by atoms with van der Waals surface area (Å²) in [5, 5.41) is 14.3. The van der Waals surface area contributed by atoms with Crippen molar-refractivity contribution < 1.29 is 13.3 Å². The van der Waals surface area contributed by atoms with E-state index in [0.29, 0.717) is 12.1 Å². The summed E-state index contributed by atoms with van der Waals surface area (Å²) in [6, 6.07) is 4.39. The van der Waals surface area contributed by atoms with E-state index < -0.39 is 14.9 Å². The van der Waals surface area contributed by atoms with Gasteiger partial charge in [0.2, 0.25) is 10.0 Å². The van der Waals surface area contributed by atoms with Crippen LogP contribution in [0.4, 0.5) is 5.69 Å². The van der Waals surface area contributed by atoms with E-state index in [1.807, 2.05) is 0 Å². The summed E-state index contributed by atoms with van der Waals surface area (Å²) in [6.07, 6.45) is 1.93. The molecular weight excluding hydrogens is 294 g/mol. The number of likely N-dealkylation sites (N-methyl/N-ethyl adjacent to an activating group) is 1. The number of sulfonamides is 1. The van der Waals surface area contributed by atoms with Crippen molar-refractivity contribution in [2.45, 2.75) is 30.7 Å². The van der Waals surface area contributed by atoms with Gasteiger partial charge in [-0.3, -0.25) is 10.1 Å². The molecule has 1 heterocycles. The van der Waals surface area contributed by atoms with Crippen LogP contribution in [0.1, 0.15) is 18.4 Å². The Labute approximate surface area is 124 Å². The maximum Gasteiger partial charge on any atom is 0.289 e. The first-order valence-electron chi connectivity index (χ1n) is 6.77. The maximum atomic E-state index is 12.7. The van der Waals surface area contributed by atoms with E-state index in [1.165, 1.54) is 23.5 Å². The number of aryl methyl sites for hydroxylation is 1. The molecule has 2 rings (SSSR count). The first kappa shape index (κ1) is 15.9. The van der Waals surface area contributed by atoms with Gasteiger partial charge in [0.05, 0.1) is 4.92 Å². The van der Waals surface area contributed by atoms with E-state index in [1.54, 1.807) is 13.0 Å². The molecule has 0 aromatic heterocycles. The molecule has 1 aromatic carbocycles. The highest BCUT2D eigenvalue weighted by Gasteiger charge is 2.32. The van der Waals surface area contributed by atoms with E-state index in [9.17, 15) is 18.5 Å². The molecule has 116 valence electrons. The summed E-state index contributed by atoms with van der Waals surface area (Å²) >= 11 is 0. The van der Waals surface area contributed by atoms with E-state index in [4.69, 9.17) is 0 Å². The number of hydrogen-bond donors (Lipinski definition) is 1. The Hall–Kier alpha value is -1.51. The van der Waals surface area contributed by atoms with Crippen molar-refractivity contribution in [1.29, 1.82) is 0 Å². The van der Waals surface area contributed by atoms with Crippen LogP contribution in [0.5, 0.6) is 0 Å². The molecular formula is C13H19N3O4S. The Balaban J connectivity index is 2.36. The standard InChI is InChI=1S/C13H19N3O4S/c1-10-5-3-7-12(16(17)18)13(10)21(19,20)15(2)9-11-6-4-8-14-11/h3,5,7,11,14H,4,6,8-9H2,1-2H3. The molecule has 1 aromatic rings. The summed E-state index contributed by atoms with van der Waals surface area (Å²) in [6.45, 7) is 2.76. The quantitative estimate of drug-likeness (QED) is 0.653. The molecule has 8 heteroatoms. The van der Waals surface area contributed by atoms with Gasteiger partial charge in [0.15, 0.2) is 4.90 Å². The van der Waals surface area contributed by atoms with Crippen molar-refractivity contribution >= 4 is 15.7 Å². The molecule has 1 aliphatic heterocycles. The van der Waals surface area contributed by atoms with Gasteiger partial charge in [0.1, 0.15) is 0 Å². The largest absolute Gasteiger partial charge is 0.313 e. The minimum atomic E-state index is -3.88. The van der Waals surface area contributed by atoms with Gasteiger partial charge in [-0.2, -0.15) is 4.31 Å². The normalized spacial score (nSPS) is 19.1. The van der Waals surface area contributed by atoms with Crippen LogP contribution in [-0.4, -0.2) is 43.8 Å². The lowest BCUT2D eigenvalue weighted by Gasteiger charge is -2.21. The third-order valence-corrected chi connectivity index (χ3v) is 5.71. The van der Waals surface area contributed by atoms with Crippen LogP contribution in [0.2, 0.25) is 0 Å². The molecule has 1 saturated heterocycles. The van der Waals surface area contributed by atoms with Crippen molar-refractivity contribution in [2.75, 3.05) is 20.1 Å². The van der Waals surface area contributed by atoms with Gasteiger partial charge in [0, 0.05) is 25.7 Å². The van der Waals surface area contributed by atoms with Gasteiger partial charge in [0.25, 0.3) is 5.69 Å². The number of nitrogens with one attached hydrogen (secondary N) is 1. The Kier molecular flexibility index (Phi) is 4.60. The van der Waals surface area contributed by atoms with Crippen LogP contribution < -0.4 is 5.32 Å². The minimum absolute atomic E-state index is 0.104. The summed E-state index contributed by atoms with van der Waals surface area (Å²) in [4.78, 5) is 10.2. The second-order valence-corrected chi connectivity index (χ2v) is 7.24. The van der Waals surface area contributed by atoms with Crippen LogP contribution in [0.3, 0.4) is 0 Å². The third kappa shape index (κ3) is 3.22. The number of rotatable bonds is 5. The average Bonchev–Trinajstić information content (AvgIpc) is 2.90. The highest BCUT2D eigenvalue weighted by molar-refractivity contribution is 7.89. The van der Waals surface area contributed by atoms with Crippen molar-refractivity contribution in [2.24, 2.45) is 0 Å². The lowest BCUT2D eigenvalue weighted by molar-refractivity contribution is -0.387. The number of nitrogens with zero attached hydrogens (tertiary/aromatic N) is 2. The van der Waals surface area contributed by atoms with Crippen LogP contribution in [0.25, 0.3) is 0 Å². The van der Waals surface area contributed by atoms with Gasteiger partial charge in [-0.1, -0.05) is 12.1 Å². The van der Waals surface area contributed by atoms with Gasteiger partial charge in [-0.25, -0.2) is 8.42 Å². The second kappa shape index (κ2) is 6.08. The summed E-state index contributed by atoms with van der Waals surface area (Å²) in [7, 11) is -2.42. The van der Waals surface area contributed by atoms with E-state index in [-0.39, 0.29) is 16.6 Å². The maximum absolute atomic E-state index is 12.7. The second-order valence-electron chi connectivity index (χ2n) is 5.26. The highest BCUT2D eigenvalue weighted by Crippen LogP contribution is 2.29. The molecule has 1 fully saturated rings. The van der Waals surface area contributed by atoms with Crippen molar-refractivity contribution in [1.82, 2.24) is 9.62 Å². The Bertz CT molecular complexity index is 639. The fourth-order valence-electron chi connectivity index (χ4n) is 2.59. The van der Waals surface area contributed by atoms with Crippen molar-refractivity contribution in [3.8, 4) is 0 Å². The molecule has 0 saturated carbocycles. The minimum Gasteiger partial charge on any atom is -0.313 e. The van der Waals surface area contributed by atoms with E-state index >= 15 is 0 Å². The zero-order chi connectivity index (χ0) is 15.6. The molecule has 0 spiro atoms. The molecule has 1 unspecified atom stereocenters. The number of benzene rings is 1. The lowest BCUT2D eigenvalue weighted by atomic mass is 10.2. The molecule has 7 nitrogen and oxygen atoms in total. The topological polar surface area (TPSA) is 92.5 Å². The molecule has 0 radical (unpaired) electrons. The van der Waals surface area contributed by atoms with Crippen LogP contribution in [0.15, 0.2) is 23.1 Å². The molecule has 1 atom stereocenters. The molecule has 0 amide bonds. The van der Waals surface area contributed by atoms with Gasteiger partial charge in [-0.05, 0) is 31.9 Å². The fraction of sp³-hybridized carbons (Fsp3) is 0.538. The predicted molar refractivity (Wildman–Crippen MR) is 78.7 cm³/mol. The zero-order valence-corrected chi connectivity index (χ0v) is 12.9. The smallest absolute Gasteiger partial charge is 0.289 e. The summed E-state index contributed by atoms with van der Waals surface area (Å²) < 4.78 is 26.5. The van der Waals surface area contributed by atoms with Crippen LogP contribution in [0, 0.1) is 17.0 Å². The summed E-state index contributed by atoms with van der Waals surface area (Å²) in [5.74, 6) is 0. The van der Waals surface area contributed by atoms with E-state index in [0.717, 1.165) is 19.4 Å². The molecule has 21 heavy (non-hydrogen) atoms. The Morgan fingerprint density at radius 3 is 2.76 bits per heavy atom. The first-order chi connectivity index (χ1) is 9.84. The zero-order valence-electron chi connectivity index (χ0n) is 12.1. The van der Waals surface area contributed by atoms with Gasteiger partial charge in [-0.15, -0.1) is 0 Å². The molecule has 1 aliphatic rings. The number of hydrogen-bond acceptors (Lipinski definition) is 5. The van der Waals surface area contributed by atoms with Crippen molar-refractivity contribution in [3.05, 3.63) is 33.9 Å². The van der Waals surface area contributed by atoms with Crippen LogP contribution in [-0.2, 0) is 10.0 Å². The van der Waals surface area contributed by atoms with Gasteiger partial charge < -0.3 is 5.32 Å². The van der Waals surface area contributed by atoms with Crippen molar-refractivity contribution in [3.63, 3.8) is 0 Å². The van der Waals surface area contributed by atoms with Gasteiger partial charge >= 0.3 is 0 Å². The molecule has 0 bridgehead atoms. The third-order valence-electron chi connectivity index (χ3n) is 3.70. The first-order valence-corrected chi connectivity index (χ1v) is 8.22. The predicted octanol–water partition coefficient (Wildman–Crippen LogP) is 1.28. The number of nitro benzene ring substituents is 1. The summed E-state index contributed by atoms with van der Waals surface area (Å²) in [5.41, 5.74) is 0.0108. The average molecular weight is 313 g/mol.